The molecule has 0 atom stereocenters. The molecule has 5 nitrogen and oxygen atoms in total. The molecule has 0 aliphatic carbocycles. The summed E-state index contributed by atoms with van der Waals surface area (Å²) in [6.07, 6.45) is 3.97. The summed E-state index contributed by atoms with van der Waals surface area (Å²) in [6, 6.07) is 5.24. The molecule has 0 aromatic heterocycles. The van der Waals surface area contributed by atoms with Crippen molar-refractivity contribution in [2.24, 2.45) is 0 Å². The molecule has 6 heteroatoms. The minimum Gasteiger partial charge on any atom is -0.362 e. The number of carbonyl (C=O) groups is 2. The first kappa shape index (κ1) is 16.1. The van der Waals surface area contributed by atoms with E-state index in [1.807, 2.05) is 4.90 Å². The molecule has 3 rings (SSSR count). The summed E-state index contributed by atoms with van der Waals surface area (Å²) in [5.41, 5.74) is 0.907. The number of hydrogen-bond donors (Lipinski definition) is 2. The van der Waals surface area contributed by atoms with Crippen LogP contribution >= 0.6 is 11.6 Å². The van der Waals surface area contributed by atoms with Crippen LogP contribution in [0.5, 0.6) is 0 Å². The van der Waals surface area contributed by atoms with Gasteiger partial charge in [-0.2, -0.15) is 0 Å². The van der Waals surface area contributed by atoms with E-state index in [1.165, 1.54) is 0 Å². The summed E-state index contributed by atoms with van der Waals surface area (Å²) in [5.74, 6) is 0.133. The second-order valence-electron chi connectivity index (χ2n) is 6.34. The zero-order chi connectivity index (χ0) is 16.4. The van der Waals surface area contributed by atoms with E-state index in [1.54, 1.807) is 18.2 Å². The minimum absolute atomic E-state index is 0.0822. The number of fused-ring (bicyclic) bond motifs is 1. The number of amides is 2. The van der Waals surface area contributed by atoms with Gasteiger partial charge >= 0.3 is 0 Å². The van der Waals surface area contributed by atoms with E-state index in [9.17, 15) is 9.59 Å². The molecule has 23 heavy (non-hydrogen) atoms. The smallest absolute Gasteiger partial charge is 0.255 e. The molecule has 1 aromatic rings. The van der Waals surface area contributed by atoms with Crippen LogP contribution in [0.2, 0.25) is 5.02 Å². The lowest BCUT2D eigenvalue weighted by Gasteiger charge is -2.46. The normalized spacial score (nSPS) is 19.0. The lowest BCUT2D eigenvalue weighted by atomic mass is 9.92. The average molecular weight is 336 g/mol. The monoisotopic (exact) mass is 335 g/mol. The van der Waals surface area contributed by atoms with Crippen molar-refractivity contribution in [3.63, 3.8) is 0 Å². The Labute approximate surface area is 141 Å². The summed E-state index contributed by atoms with van der Waals surface area (Å²) in [5, 5.41) is 7.12. The molecule has 2 aliphatic heterocycles. The fourth-order valence-electron chi connectivity index (χ4n) is 3.27. The minimum atomic E-state index is -0.476. The first-order valence-corrected chi connectivity index (χ1v) is 8.59. The third-order valence-electron chi connectivity index (χ3n) is 4.67. The second kappa shape index (κ2) is 6.40. The molecule has 2 aliphatic rings. The van der Waals surface area contributed by atoms with Crippen molar-refractivity contribution in [2.75, 3.05) is 18.4 Å². The largest absolute Gasteiger partial charge is 0.362 e. The first-order valence-electron chi connectivity index (χ1n) is 8.21. The summed E-state index contributed by atoms with van der Waals surface area (Å²) < 4.78 is 0. The third kappa shape index (κ3) is 3.29. The predicted octanol–water partition coefficient (Wildman–Crippen LogP) is 3.00. The molecule has 2 heterocycles. The van der Waals surface area contributed by atoms with Gasteiger partial charge in [-0.1, -0.05) is 24.9 Å². The highest BCUT2D eigenvalue weighted by atomic mass is 35.5. The quantitative estimate of drug-likeness (QED) is 0.892. The highest BCUT2D eigenvalue weighted by Crippen LogP contribution is 2.33. The van der Waals surface area contributed by atoms with Crippen LogP contribution in [0.3, 0.4) is 0 Å². The summed E-state index contributed by atoms with van der Waals surface area (Å²) in [4.78, 5) is 26.4. The number of benzene rings is 1. The van der Waals surface area contributed by atoms with Crippen LogP contribution < -0.4 is 10.6 Å². The van der Waals surface area contributed by atoms with Crippen LogP contribution in [0.15, 0.2) is 18.2 Å². The molecule has 2 amide bonds. The van der Waals surface area contributed by atoms with Crippen LogP contribution in [0.25, 0.3) is 0 Å². The number of likely N-dealkylation sites (tertiary alicyclic amines) is 1. The molecule has 1 spiro atoms. The number of carbonyl (C=O) groups excluding carboxylic acids is 2. The Morgan fingerprint density at radius 1 is 1.30 bits per heavy atom. The standard InChI is InChI=1S/C17H22ClN3O2/c1-2-3-4-15(22)21-9-7-17(8-10-21)19-14-11-12(18)5-6-13(14)16(23)20-17/h5-6,11,19H,2-4,7-10H2,1H3,(H,20,23). The number of hydrogen-bond acceptors (Lipinski definition) is 3. The van der Waals surface area contributed by atoms with Crippen molar-refractivity contribution in [3.05, 3.63) is 28.8 Å². The number of piperidine rings is 1. The summed E-state index contributed by atoms with van der Waals surface area (Å²) in [7, 11) is 0. The lowest BCUT2D eigenvalue weighted by molar-refractivity contribution is -0.132. The van der Waals surface area contributed by atoms with Crippen LogP contribution in [-0.2, 0) is 4.79 Å². The highest BCUT2D eigenvalue weighted by molar-refractivity contribution is 6.31. The van der Waals surface area contributed by atoms with Crippen molar-refractivity contribution >= 4 is 29.1 Å². The van der Waals surface area contributed by atoms with Crippen molar-refractivity contribution < 1.29 is 9.59 Å². The number of unbranched alkanes of at least 4 members (excludes halogenated alkanes) is 1. The maximum absolute atomic E-state index is 12.4. The van der Waals surface area contributed by atoms with Crippen molar-refractivity contribution in [1.82, 2.24) is 10.2 Å². The zero-order valence-electron chi connectivity index (χ0n) is 13.3. The maximum atomic E-state index is 12.4. The van der Waals surface area contributed by atoms with Gasteiger partial charge in [-0.3, -0.25) is 9.59 Å². The molecular weight excluding hydrogens is 314 g/mol. The molecule has 0 radical (unpaired) electrons. The Kier molecular flexibility index (Phi) is 4.48. The van der Waals surface area contributed by atoms with Gasteiger partial charge in [0.05, 0.1) is 11.3 Å². The van der Waals surface area contributed by atoms with Crippen molar-refractivity contribution in [1.29, 1.82) is 0 Å². The van der Waals surface area contributed by atoms with E-state index in [0.29, 0.717) is 42.9 Å². The molecule has 2 N–H and O–H groups in total. The van der Waals surface area contributed by atoms with Gasteiger partial charge in [0.1, 0.15) is 5.66 Å². The molecule has 0 saturated carbocycles. The molecule has 124 valence electrons. The fourth-order valence-corrected chi connectivity index (χ4v) is 3.44. The predicted molar refractivity (Wildman–Crippen MR) is 90.6 cm³/mol. The molecular formula is C17H22ClN3O2. The van der Waals surface area contributed by atoms with Gasteiger partial charge in [-0.15, -0.1) is 0 Å². The molecule has 1 aromatic carbocycles. The lowest BCUT2D eigenvalue weighted by Crippen LogP contribution is -2.62. The van der Waals surface area contributed by atoms with Gasteiger partial charge in [0.2, 0.25) is 5.91 Å². The van der Waals surface area contributed by atoms with Gasteiger partial charge in [-0.05, 0) is 24.6 Å². The van der Waals surface area contributed by atoms with E-state index in [2.05, 4.69) is 17.6 Å². The Bertz CT molecular complexity index is 624. The van der Waals surface area contributed by atoms with Crippen LogP contribution in [0.4, 0.5) is 5.69 Å². The zero-order valence-corrected chi connectivity index (χ0v) is 14.1. The van der Waals surface area contributed by atoms with Gasteiger partial charge < -0.3 is 15.5 Å². The Morgan fingerprint density at radius 3 is 2.74 bits per heavy atom. The van der Waals surface area contributed by atoms with E-state index in [0.717, 1.165) is 18.5 Å². The summed E-state index contributed by atoms with van der Waals surface area (Å²) in [6.45, 7) is 3.40. The third-order valence-corrected chi connectivity index (χ3v) is 4.90. The number of anilines is 1. The highest BCUT2D eigenvalue weighted by Gasteiger charge is 2.40. The topological polar surface area (TPSA) is 61.4 Å². The fraction of sp³-hybridized carbons (Fsp3) is 0.529. The van der Waals surface area contributed by atoms with E-state index < -0.39 is 5.66 Å². The molecule has 1 saturated heterocycles. The van der Waals surface area contributed by atoms with E-state index in [4.69, 9.17) is 11.6 Å². The van der Waals surface area contributed by atoms with E-state index in [-0.39, 0.29) is 11.8 Å². The van der Waals surface area contributed by atoms with Crippen LogP contribution in [0, 0.1) is 0 Å². The molecule has 0 unspecified atom stereocenters. The van der Waals surface area contributed by atoms with E-state index >= 15 is 0 Å². The molecule has 1 fully saturated rings. The molecule has 0 bridgehead atoms. The Morgan fingerprint density at radius 2 is 2.04 bits per heavy atom. The Balaban J connectivity index is 1.69. The van der Waals surface area contributed by atoms with Gasteiger partial charge in [0.25, 0.3) is 5.91 Å². The summed E-state index contributed by atoms with van der Waals surface area (Å²) >= 11 is 6.04. The van der Waals surface area contributed by atoms with Gasteiger partial charge in [-0.25, -0.2) is 0 Å². The number of halogens is 1. The van der Waals surface area contributed by atoms with Gasteiger partial charge in [0, 0.05) is 37.4 Å². The van der Waals surface area contributed by atoms with Crippen molar-refractivity contribution in [2.45, 2.75) is 44.7 Å². The first-order chi connectivity index (χ1) is 11.0. The second-order valence-corrected chi connectivity index (χ2v) is 6.77. The number of nitrogens with zero attached hydrogens (tertiary/aromatic N) is 1. The number of nitrogens with one attached hydrogen (secondary N) is 2. The SMILES string of the molecule is CCCCC(=O)N1CCC2(CC1)NC(=O)c1ccc(Cl)cc1N2. The van der Waals surface area contributed by atoms with Crippen molar-refractivity contribution in [3.8, 4) is 0 Å². The van der Waals surface area contributed by atoms with Crippen LogP contribution in [-0.4, -0.2) is 35.5 Å². The number of rotatable bonds is 3. The van der Waals surface area contributed by atoms with Crippen LogP contribution in [0.1, 0.15) is 49.4 Å². The Hall–Kier alpha value is -1.75. The maximum Gasteiger partial charge on any atom is 0.255 e. The van der Waals surface area contributed by atoms with Gasteiger partial charge in [0.15, 0.2) is 0 Å². The average Bonchev–Trinajstić information content (AvgIpc) is 2.52.